The van der Waals surface area contributed by atoms with Gasteiger partial charge in [0.25, 0.3) is 0 Å². The van der Waals surface area contributed by atoms with E-state index in [-0.39, 0.29) is 52.7 Å². The van der Waals surface area contributed by atoms with Crippen LogP contribution in [0, 0.1) is 0 Å². The van der Waals surface area contributed by atoms with Gasteiger partial charge in [0.05, 0.1) is 17.7 Å². The number of hydrogen-bond acceptors (Lipinski definition) is 9. The molecule has 8 nitrogen and oxygen atoms in total. The zero-order valence-corrected chi connectivity index (χ0v) is 25.6. The first-order valence-corrected chi connectivity index (χ1v) is 13.7. The number of hydrogen-bond donors (Lipinski definition) is 0. The Kier molecular flexibility index (Phi) is 9.34. The molecular weight excluding hydrogens is 563 g/mol. The summed E-state index contributed by atoms with van der Waals surface area (Å²) in [5.41, 5.74) is 3.41. The first kappa shape index (κ1) is 29.5. The van der Waals surface area contributed by atoms with Crippen molar-refractivity contribution in [3.8, 4) is 17.2 Å². The standard InChI is InChI=1S/C32H24N2O6S.Na/c35-31(23-9-13-28-29(18-23)39-15-14-38-28)25(30(32(36)37)22-8-12-26-27(17-22)34-41-33-26)16-20-6-10-24(11-7-20)40-19-21-4-2-1-3-5-21;/h1-13,17-18H,14-16,19H2,(H,36,37);/q;+1/p-1. The first-order valence-electron chi connectivity index (χ1n) is 12.9. The van der Waals surface area contributed by atoms with E-state index in [0.717, 1.165) is 22.9 Å². The van der Waals surface area contributed by atoms with Crippen molar-refractivity contribution in [3.63, 3.8) is 0 Å². The average Bonchev–Trinajstić information content (AvgIpc) is 3.48. The van der Waals surface area contributed by atoms with Crippen LogP contribution in [0.5, 0.6) is 17.2 Å². The summed E-state index contributed by atoms with van der Waals surface area (Å²) in [4.78, 5) is 26.6. The molecule has 1 aliphatic heterocycles. The molecule has 0 unspecified atom stereocenters. The molecule has 0 atom stereocenters. The van der Waals surface area contributed by atoms with Gasteiger partial charge in [-0.25, -0.2) is 0 Å². The third-order valence-electron chi connectivity index (χ3n) is 6.68. The first-order chi connectivity index (χ1) is 20.0. The van der Waals surface area contributed by atoms with E-state index < -0.39 is 11.8 Å². The second-order valence-electron chi connectivity index (χ2n) is 9.39. The van der Waals surface area contributed by atoms with Gasteiger partial charge in [0.15, 0.2) is 17.3 Å². The summed E-state index contributed by atoms with van der Waals surface area (Å²) in [5.74, 6) is -0.293. The zero-order chi connectivity index (χ0) is 28.2. The molecule has 0 bridgehead atoms. The van der Waals surface area contributed by atoms with E-state index in [9.17, 15) is 14.7 Å². The van der Waals surface area contributed by atoms with Crippen LogP contribution in [-0.2, 0) is 17.8 Å². The fraction of sp³-hybridized carbons (Fsp3) is 0.125. The maximum Gasteiger partial charge on any atom is 1.00 e. The molecule has 0 radical (unpaired) electrons. The summed E-state index contributed by atoms with van der Waals surface area (Å²) in [5, 5.41) is 12.6. The number of carboxylic acid groups (broad SMARTS) is 1. The summed E-state index contributed by atoms with van der Waals surface area (Å²) < 4.78 is 25.6. The van der Waals surface area contributed by atoms with Gasteiger partial charge < -0.3 is 24.1 Å². The topological polar surface area (TPSA) is 111 Å². The predicted octanol–water partition coefficient (Wildman–Crippen LogP) is 1.67. The van der Waals surface area contributed by atoms with Crippen molar-refractivity contribution in [1.82, 2.24) is 8.75 Å². The van der Waals surface area contributed by atoms with E-state index in [1.54, 1.807) is 48.5 Å². The van der Waals surface area contributed by atoms with Crippen molar-refractivity contribution in [2.24, 2.45) is 0 Å². The number of aromatic nitrogens is 2. The maximum absolute atomic E-state index is 14.0. The Morgan fingerprint density at radius 1 is 0.786 bits per heavy atom. The molecule has 0 aliphatic carbocycles. The minimum Gasteiger partial charge on any atom is -0.545 e. The van der Waals surface area contributed by atoms with Gasteiger partial charge in [0, 0.05) is 23.1 Å². The van der Waals surface area contributed by atoms with Gasteiger partial charge in [-0.05, 0) is 59.2 Å². The number of allylic oxidation sites excluding steroid dienone is 1. The molecule has 6 rings (SSSR count). The van der Waals surface area contributed by atoms with Crippen molar-refractivity contribution in [1.29, 1.82) is 0 Å². The SMILES string of the molecule is O=C([O-])C(=C(Cc1ccc(OCc2ccccc2)cc1)C(=O)c1ccc2c(c1)OCCO2)c1ccc2nsnc2c1.[Na+]. The molecule has 10 heteroatoms. The number of ether oxygens (including phenoxy) is 3. The Labute approximate surface area is 268 Å². The van der Waals surface area contributed by atoms with E-state index in [4.69, 9.17) is 14.2 Å². The van der Waals surface area contributed by atoms with Gasteiger partial charge in [0.2, 0.25) is 0 Å². The molecule has 0 fully saturated rings. The number of carboxylic acids is 1. The number of Topliss-reactive ketones (excluding diaryl/α,β-unsaturated/α-hetero) is 1. The van der Waals surface area contributed by atoms with Crippen LogP contribution in [0.4, 0.5) is 0 Å². The van der Waals surface area contributed by atoms with Crippen molar-refractivity contribution in [3.05, 3.63) is 119 Å². The molecule has 1 aromatic heterocycles. The predicted molar refractivity (Wildman–Crippen MR) is 152 cm³/mol. The van der Waals surface area contributed by atoms with Crippen LogP contribution in [0.25, 0.3) is 16.6 Å². The zero-order valence-electron chi connectivity index (χ0n) is 22.7. The molecular formula is C32H23N2NaO6S. The van der Waals surface area contributed by atoms with Crippen LogP contribution in [0.15, 0.2) is 96.6 Å². The molecule has 0 saturated carbocycles. The quantitative estimate of drug-likeness (QED) is 0.146. The number of ketones is 1. The molecule has 1 aliphatic rings. The van der Waals surface area contributed by atoms with Gasteiger partial charge in [-0.1, -0.05) is 48.5 Å². The number of aliphatic carboxylic acids is 1. The van der Waals surface area contributed by atoms with E-state index in [0.29, 0.717) is 53.7 Å². The Hall–Kier alpha value is -4.02. The van der Waals surface area contributed by atoms with Crippen molar-refractivity contribution in [2.75, 3.05) is 13.2 Å². The van der Waals surface area contributed by atoms with Crippen LogP contribution in [0.1, 0.15) is 27.0 Å². The molecule has 0 spiro atoms. The van der Waals surface area contributed by atoms with Gasteiger partial charge in [-0.15, -0.1) is 0 Å². The average molecular weight is 587 g/mol. The molecule has 0 N–H and O–H groups in total. The molecule has 42 heavy (non-hydrogen) atoms. The third kappa shape index (κ3) is 6.55. The summed E-state index contributed by atoms with van der Waals surface area (Å²) in [6.07, 6.45) is 0.0446. The van der Waals surface area contributed by atoms with Gasteiger partial charge >= 0.3 is 29.6 Å². The van der Waals surface area contributed by atoms with Crippen LogP contribution in [0.2, 0.25) is 0 Å². The van der Waals surface area contributed by atoms with Crippen LogP contribution >= 0.6 is 11.7 Å². The van der Waals surface area contributed by atoms with E-state index >= 15 is 0 Å². The number of rotatable bonds is 9. The summed E-state index contributed by atoms with van der Waals surface area (Å²) >= 11 is 1.03. The van der Waals surface area contributed by atoms with Crippen LogP contribution in [0.3, 0.4) is 0 Å². The summed E-state index contributed by atoms with van der Waals surface area (Å²) in [7, 11) is 0. The number of benzene rings is 4. The largest absolute Gasteiger partial charge is 1.00 e. The monoisotopic (exact) mass is 586 g/mol. The minimum atomic E-state index is -1.46. The van der Waals surface area contributed by atoms with Crippen molar-refractivity contribution < 1.29 is 58.5 Å². The number of carbonyl (C=O) groups excluding carboxylic acids is 2. The maximum atomic E-state index is 14.0. The fourth-order valence-electron chi connectivity index (χ4n) is 4.64. The Morgan fingerprint density at radius 3 is 2.26 bits per heavy atom. The normalized spacial score (nSPS) is 12.7. The van der Waals surface area contributed by atoms with Crippen molar-refractivity contribution >= 4 is 40.1 Å². The summed E-state index contributed by atoms with van der Waals surface area (Å²) in [6, 6.07) is 26.8. The molecule has 4 aromatic carbocycles. The summed E-state index contributed by atoms with van der Waals surface area (Å²) in [6.45, 7) is 1.19. The minimum absolute atomic E-state index is 0. The van der Waals surface area contributed by atoms with Gasteiger partial charge in [0.1, 0.15) is 36.6 Å². The Morgan fingerprint density at radius 2 is 1.50 bits per heavy atom. The van der Waals surface area contributed by atoms with Gasteiger partial charge in [-0.3, -0.25) is 4.79 Å². The number of carbonyl (C=O) groups is 2. The molecule has 0 saturated heterocycles. The van der Waals surface area contributed by atoms with Crippen LogP contribution in [-0.4, -0.2) is 33.7 Å². The molecule has 2 heterocycles. The van der Waals surface area contributed by atoms with E-state index in [1.807, 2.05) is 42.5 Å². The van der Waals surface area contributed by atoms with Gasteiger partial charge in [-0.2, -0.15) is 8.75 Å². The third-order valence-corrected chi connectivity index (χ3v) is 7.24. The number of nitrogens with zero attached hydrogens (tertiary/aromatic N) is 2. The molecule has 204 valence electrons. The van der Waals surface area contributed by atoms with E-state index in [1.165, 1.54) is 0 Å². The molecule has 0 amide bonds. The van der Waals surface area contributed by atoms with Crippen LogP contribution < -0.4 is 48.9 Å². The fourth-order valence-corrected chi connectivity index (χ4v) is 5.16. The number of fused-ring (bicyclic) bond motifs is 2. The second kappa shape index (κ2) is 13.3. The smallest absolute Gasteiger partial charge is 0.545 e. The second-order valence-corrected chi connectivity index (χ2v) is 9.92. The van der Waals surface area contributed by atoms with Crippen molar-refractivity contribution in [2.45, 2.75) is 13.0 Å². The Balaban J connectivity index is 0.00000353. The Bertz CT molecular complexity index is 1770. The molecule has 5 aromatic rings. The van der Waals surface area contributed by atoms with E-state index in [2.05, 4.69) is 8.75 Å².